The summed E-state index contributed by atoms with van der Waals surface area (Å²) >= 11 is 0. The normalized spacial score (nSPS) is 26.0. The molecule has 7 nitrogen and oxygen atoms in total. The molecule has 0 bridgehead atoms. The summed E-state index contributed by atoms with van der Waals surface area (Å²) in [5.41, 5.74) is 0.230. The smallest absolute Gasteiger partial charge is 0.326 e. The second-order valence-corrected chi connectivity index (χ2v) is 6.57. The van der Waals surface area contributed by atoms with Gasteiger partial charge in [-0.25, -0.2) is 4.79 Å². The molecule has 128 valence electrons. The monoisotopic (exact) mass is 332 g/mol. The van der Waals surface area contributed by atoms with E-state index >= 15 is 0 Å². The van der Waals surface area contributed by atoms with Gasteiger partial charge in [0.2, 0.25) is 5.91 Å². The van der Waals surface area contributed by atoms with Crippen molar-refractivity contribution in [2.75, 3.05) is 0 Å². The Morgan fingerprint density at radius 1 is 1.25 bits per heavy atom. The molecule has 3 rings (SSSR count). The first kappa shape index (κ1) is 16.4. The zero-order valence-electron chi connectivity index (χ0n) is 13.3. The summed E-state index contributed by atoms with van der Waals surface area (Å²) < 4.78 is 0. The van der Waals surface area contributed by atoms with Gasteiger partial charge in [-0.1, -0.05) is 31.0 Å². The van der Waals surface area contributed by atoms with Crippen molar-refractivity contribution in [2.24, 2.45) is 5.92 Å². The Balaban J connectivity index is 1.85. The molecule has 1 aromatic carbocycles. The van der Waals surface area contributed by atoms with E-state index in [0.717, 1.165) is 25.7 Å². The van der Waals surface area contributed by atoms with E-state index in [1.165, 1.54) is 11.0 Å². The fourth-order valence-electron chi connectivity index (χ4n) is 4.13. The lowest BCUT2D eigenvalue weighted by molar-refractivity contribution is -0.385. The third-order valence-corrected chi connectivity index (χ3v) is 5.19. The molecule has 1 saturated heterocycles. The molecule has 1 aliphatic heterocycles. The Bertz CT molecular complexity index is 675. The van der Waals surface area contributed by atoms with Crippen LogP contribution in [0.2, 0.25) is 0 Å². The number of nitro groups is 1. The average Bonchev–Trinajstić information content (AvgIpc) is 2.95. The second kappa shape index (κ2) is 6.59. The Morgan fingerprint density at radius 3 is 2.67 bits per heavy atom. The highest BCUT2D eigenvalue weighted by atomic mass is 16.6. The molecule has 0 radical (unpaired) electrons. The number of carboxylic acids is 1. The van der Waals surface area contributed by atoms with Gasteiger partial charge in [-0.15, -0.1) is 0 Å². The van der Waals surface area contributed by atoms with Gasteiger partial charge in [0.15, 0.2) is 0 Å². The minimum Gasteiger partial charge on any atom is -0.480 e. The molecule has 1 N–H and O–H groups in total. The first-order valence-corrected chi connectivity index (χ1v) is 8.25. The summed E-state index contributed by atoms with van der Waals surface area (Å²) in [5, 5.41) is 20.6. The van der Waals surface area contributed by atoms with E-state index in [-0.39, 0.29) is 30.0 Å². The summed E-state index contributed by atoms with van der Waals surface area (Å²) in [4.78, 5) is 36.5. The highest BCUT2D eigenvalue weighted by Gasteiger charge is 2.47. The Morgan fingerprint density at radius 2 is 1.96 bits per heavy atom. The van der Waals surface area contributed by atoms with Crippen LogP contribution in [0.15, 0.2) is 24.3 Å². The first-order valence-electron chi connectivity index (χ1n) is 8.25. The number of benzene rings is 1. The Labute approximate surface area is 139 Å². The van der Waals surface area contributed by atoms with Crippen molar-refractivity contribution in [2.45, 2.75) is 50.6 Å². The van der Waals surface area contributed by atoms with Crippen molar-refractivity contribution < 1.29 is 19.6 Å². The maximum absolute atomic E-state index is 12.8. The zero-order valence-corrected chi connectivity index (χ0v) is 13.3. The number of hydrogen-bond donors (Lipinski definition) is 1. The molecule has 1 aromatic rings. The van der Waals surface area contributed by atoms with Gasteiger partial charge in [0, 0.05) is 17.7 Å². The number of fused-ring (bicyclic) bond motifs is 1. The summed E-state index contributed by atoms with van der Waals surface area (Å²) in [7, 11) is 0. The molecule has 1 heterocycles. The van der Waals surface area contributed by atoms with E-state index in [4.69, 9.17) is 0 Å². The summed E-state index contributed by atoms with van der Waals surface area (Å²) in [5.74, 6) is -1.08. The summed E-state index contributed by atoms with van der Waals surface area (Å²) in [6.45, 7) is 0. The molecule has 1 amide bonds. The van der Waals surface area contributed by atoms with Gasteiger partial charge in [0.05, 0.1) is 11.3 Å². The number of hydrogen-bond acceptors (Lipinski definition) is 4. The third-order valence-electron chi connectivity index (χ3n) is 5.19. The zero-order chi connectivity index (χ0) is 17.3. The number of carboxylic acid groups (broad SMARTS) is 1. The van der Waals surface area contributed by atoms with Crippen LogP contribution in [0.4, 0.5) is 5.69 Å². The van der Waals surface area contributed by atoms with E-state index in [0.29, 0.717) is 12.0 Å². The number of carbonyl (C=O) groups excluding carboxylic acids is 1. The molecule has 0 spiro atoms. The standard InChI is InChI=1S/C17H20N2O5/c20-16(10-12-6-2-4-8-14(12)19(23)24)18-13-7-3-1-5-11(13)9-15(18)17(21)22/h2,4,6,8,11,13,15H,1,3,5,7,9-10H2,(H,21,22). The SMILES string of the molecule is O=C(O)C1CC2CCCCC2N1C(=O)Cc1ccccc1[N+](=O)[O-]. The topological polar surface area (TPSA) is 101 Å². The highest BCUT2D eigenvalue weighted by molar-refractivity contribution is 5.86. The van der Waals surface area contributed by atoms with Crippen molar-refractivity contribution in [3.63, 3.8) is 0 Å². The molecular weight excluding hydrogens is 312 g/mol. The van der Waals surface area contributed by atoms with Crippen LogP contribution in [0.25, 0.3) is 0 Å². The van der Waals surface area contributed by atoms with Gasteiger partial charge in [0.1, 0.15) is 6.04 Å². The predicted molar refractivity (Wildman–Crippen MR) is 85.4 cm³/mol. The van der Waals surface area contributed by atoms with E-state index in [1.807, 2.05) is 0 Å². The number of rotatable bonds is 4. The van der Waals surface area contributed by atoms with Crippen LogP contribution in [0, 0.1) is 16.0 Å². The maximum atomic E-state index is 12.8. The van der Waals surface area contributed by atoms with Gasteiger partial charge >= 0.3 is 5.97 Å². The largest absolute Gasteiger partial charge is 0.480 e. The van der Waals surface area contributed by atoms with E-state index in [1.54, 1.807) is 18.2 Å². The molecule has 24 heavy (non-hydrogen) atoms. The van der Waals surface area contributed by atoms with Gasteiger partial charge < -0.3 is 10.0 Å². The van der Waals surface area contributed by atoms with Crippen LogP contribution in [0.5, 0.6) is 0 Å². The van der Waals surface area contributed by atoms with Crippen molar-refractivity contribution in [1.82, 2.24) is 4.90 Å². The lowest BCUT2D eigenvalue weighted by Gasteiger charge is -2.33. The van der Waals surface area contributed by atoms with Crippen LogP contribution >= 0.6 is 0 Å². The van der Waals surface area contributed by atoms with E-state index in [9.17, 15) is 24.8 Å². The molecule has 3 atom stereocenters. The number of amides is 1. The molecule has 1 aliphatic carbocycles. The van der Waals surface area contributed by atoms with Gasteiger partial charge in [-0.05, 0) is 25.2 Å². The lowest BCUT2D eigenvalue weighted by Crippen LogP contribution is -2.46. The fraction of sp³-hybridized carbons (Fsp3) is 0.529. The van der Waals surface area contributed by atoms with Crippen molar-refractivity contribution in [1.29, 1.82) is 0 Å². The van der Waals surface area contributed by atoms with Gasteiger partial charge in [0.25, 0.3) is 5.69 Å². The van der Waals surface area contributed by atoms with E-state index < -0.39 is 16.9 Å². The van der Waals surface area contributed by atoms with Crippen LogP contribution in [0.3, 0.4) is 0 Å². The molecule has 2 fully saturated rings. The summed E-state index contributed by atoms with van der Waals surface area (Å²) in [6, 6.07) is 5.27. The number of aliphatic carboxylic acids is 1. The summed E-state index contributed by atoms with van der Waals surface area (Å²) in [6.07, 6.45) is 4.18. The first-order chi connectivity index (χ1) is 11.5. The molecule has 1 saturated carbocycles. The fourth-order valence-corrected chi connectivity index (χ4v) is 4.13. The minimum absolute atomic E-state index is 0.0462. The van der Waals surface area contributed by atoms with E-state index in [2.05, 4.69) is 0 Å². The molecule has 2 aliphatic rings. The van der Waals surface area contributed by atoms with Crippen molar-refractivity contribution in [3.8, 4) is 0 Å². The van der Waals surface area contributed by atoms with Gasteiger partial charge in [-0.3, -0.25) is 14.9 Å². The van der Waals surface area contributed by atoms with Crippen LogP contribution in [0.1, 0.15) is 37.7 Å². The maximum Gasteiger partial charge on any atom is 0.326 e. The minimum atomic E-state index is -0.986. The molecule has 7 heteroatoms. The van der Waals surface area contributed by atoms with Crippen LogP contribution in [-0.2, 0) is 16.0 Å². The quantitative estimate of drug-likeness (QED) is 0.674. The second-order valence-electron chi connectivity index (χ2n) is 6.57. The lowest BCUT2D eigenvalue weighted by atomic mass is 9.84. The number of nitrogens with zero attached hydrogens (tertiary/aromatic N) is 2. The average molecular weight is 332 g/mol. The van der Waals surface area contributed by atoms with Crippen LogP contribution in [-0.4, -0.2) is 38.9 Å². The molecule has 3 unspecified atom stereocenters. The Kier molecular flexibility index (Phi) is 4.51. The third kappa shape index (κ3) is 2.98. The van der Waals surface area contributed by atoms with Crippen LogP contribution < -0.4 is 0 Å². The number of carbonyl (C=O) groups is 2. The molecular formula is C17H20N2O5. The van der Waals surface area contributed by atoms with Gasteiger partial charge in [-0.2, -0.15) is 0 Å². The highest BCUT2D eigenvalue weighted by Crippen LogP contribution is 2.40. The number of nitro benzene ring substituents is 1. The van der Waals surface area contributed by atoms with Crippen molar-refractivity contribution in [3.05, 3.63) is 39.9 Å². The van der Waals surface area contributed by atoms with Crippen molar-refractivity contribution >= 4 is 17.6 Å². The predicted octanol–water partition coefficient (Wildman–Crippen LogP) is 2.38. The Hall–Kier alpha value is -2.44. The molecule has 0 aromatic heterocycles. The number of likely N-dealkylation sites (tertiary alicyclic amines) is 1. The number of para-hydroxylation sites is 1.